The van der Waals surface area contributed by atoms with Gasteiger partial charge < -0.3 is 10.4 Å². The third-order valence-electron chi connectivity index (χ3n) is 4.12. The third kappa shape index (κ3) is 3.12. The highest BCUT2D eigenvalue weighted by atomic mass is 79.9. The van der Waals surface area contributed by atoms with Crippen molar-refractivity contribution in [2.24, 2.45) is 7.05 Å². The number of aliphatic carboxylic acids is 1. The maximum absolute atomic E-state index is 13.0. The summed E-state index contributed by atoms with van der Waals surface area (Å²) in [6.45, 7) is 1.59. The van der Waals surface area contributed by atoms with E-state index in [1.165, 1.54) is 11.8 Å². The highest BCUT2D eigenvalue weighted by Crippen LogP contribution is 2.40. The number of carboxylic acids is 1. The monoisotopic (exact) mass is 468 g/mol. The van der Waals surface area contributed by atoms with Crippen molar-refractivity contribution in [3.05, 3.63) is 27.1 Å². The molecule has 2 amide bonds. The molecule has 2 atom stereocenters. The molecule has 8 nitrogen and oxygen atoms in total. The second kappa shape index (κ2) is 6.55. The highest BCUT2D eigenvalue weighted by molar-refractivity contribution is 9.10. The summed E-state index contributed by atoms with van der Waals surface area (Å²) in [6.07, 6.45) is -4.72. The van der Waals surface area contributed by atoms with Crippen molar-refractivity contribution in [3.63, 3.8) is 0 Å². The van der Waals surface area contributed by atoms with Gasteiger partial charge in [0.2, 0.25) is 0 Å². The lowest BCUT2D eigenvalue weighted by Crippen LogP contribution is -2.70. The number of amides is 2. The lowest BCUT2D eigenvalue weighted by Gasteiger charge is -2.49. The van der Waals surface area contributed by atoms with Gasteiger partial charge in [-0.25, -0.2) is 4.79 Å². The van der Waals surface area contributed by atoms with Crippen molar-refractivity contribution in [3.8, 4) is 0 Å². The molecule has 1 saturated heterocycles. The Labute approximate surface area is 162 Å². The first-order chi connectivity index (χ1) is 12.4. The van der Waals surface area contributed by atoms with E-state index < -0.39 is 51.2 Å². The number of nitrogens with zero attached hydrogens (tertiary/aromatic N) is 3. The number of alkyl halides is 3. The van der Waals surface area contributed by atoms with E-state index >= 15 is 0 Å². The Hall–Kier alpha value is -2.02. The topological polar surface area (TPSA) is 105 Å². The van der Waals surface area contributed by atoms with Gasteiger partial charge in [-0.05, 0) is 28.4 Å². The number of β-lactam (4-membered cyclic amide) rings is 1. The Morgan fingerprint density at radius 3 is 2.56 bits per heavy atom. The summed E-state index contributed by atoms with van der Waals surface area (Å²) >= 11 is 4.00. The van der Waals surface area contributed by atoms with Crippen LogP contribution in [0.2, 0.25) is 0 Å². The normalized spacial score (nSPS) is 22.4. The van der Waals surface area contributed by atoms with Gasteiger partial charge in [-0.1, -0.05) is 0 Å². The molecule has 0 spiro atoms. The number of carbonyl (C=O) groups is 3. The van der Waals surface area contributed by atoms with Crippen LogP contribution in [-0.2, 0) is 22.8 Å². The molecule has 0 aromatic carbocycles. The lowest BCUT2D eigenvalue weighted by molar-refractivity contribution is -0.148. The Morgan fingerprint density at radius 2 is 2.04 bits per heavy atom. The Balaban J connectivity index is 1.82. The van der Waals surface area contributed by atoms with Crippen LogP contribution >= 0.6 is 27.7 Å². The van der Waals surface area contributed by atoms with Crippen molar-refractivity contribution >= 4 is 45.5 Å². The Bertz CT molecular complexity index is 898. The second-order valence-electron chi connectivity index (χ2n) is 5.93. The van der Waals surface area contributed by atoms with E-state index in [1.54, 1.807) is 6.92 Å². The van der Waals surface area contributed by atoms with E-state index in [0.29, 0.717) is 16.0 Å². The van der Waals surface area contributed by atoms with E-state index in [9.17, 15) is 32.7 Å². The fraction of sp³-hybridized carbons (Fsp3) is 0.429. The predicted molar refractivity (Wildman–Crippen MR) is 90.6 cm³/mol. The van der Waals surface area contributed by atoms with Crippen LogP contribution in [0.25, 0.3) is 0 Å². The zero-order valence-electron chi connectivity index (χ0n) is 13.8. The molecule has 0 radical (unpaired) electrons. The molecule has 13 heteroatoms. The number of nitrogens with one attached hydrogen (secondary N) is 1. The summed E-state index contributed by atoms with van der Waals surface area (Å²) in [5.41, 5.74) is -1.26. The molecule has 1 aromatic rings. The first-order valence-electron chi connectivity index (χ1n) is 7.43. The van der Waals surface area contributed by atoms with Crippen LogP contribution in [0.15, 0.2) is 15.7 Å². The lowest BCUT2D eigenvalue weighted by atomic mass is 10.0. The van der Waals surface area contributed by atoms with Crippen LogP contribution < -0.4 is 5.32 Å². The van der Waals surface area contributed by atoms with Gasteiger partial charge >= 0.3 is 12.1 Å². The molecule has 1 aromatic heterocycles. The molecule has 0 bridgehead atoms. The quantitative estimate of drug-likeness (QED) is 0.652. The standard InChI is InChI=1S/C14H12BrF3N4O4S/c1-4-3-27-12-7(11(24)22(12)8(4)13(25)26)19-10(23)6-5(15)9(14(16,17)18)21(2)20-6/h7,12H,3H2,1-2H3,(H,19,23)(H,25,26)/t7-,12-/m0/s1. The molecule has 146 valence electrons. The summed E-state index contributed by atoms with van der Waals surface area (Å²) < 4.78 is 39.0. The molecule has 0 aliphatic carbocycles. The van der Waals surface area contributed by atoms with Crippen molar-refractivity contribution in [1.82, 2.24) is 20.0 Å². The minimum Gasteiger partial charge on any atom is -0.477 e. The van der Waals surface area contributed by atoms with Crippen molar-refractivity contribution < 1.29 is 32.7 Å². The number of aryl methyl sites for hydroxylation is 1. The summed E-state index contributed by atoms with van der Waals surface area (Å²) in [4.78, 5) is 37.1. The summed E-state index contributed by atoms with van der Waals surface area (Å²) in [5, 5.41) is 14.6. The van der Waals surface area contributed by atoms with Gasteiger partial charge in [0.1, 0.15) is 17.1 Å². The number of rotatable bonds is 3. The number of carbonyl (C=O) groups excluding carboxylic acids is 2. The van der Waals surface area contributed by atoms with Gasteiger partial charge in [-0.3, -0.25) is 19.2 Å². The number of fused-ring (bicyclic) bond motifs is 1. The van der Waals surface area contributed by atoms with E-state index in [-0.39, 0.29) is 5.70 Å². The largest absolute Gasteiger partial charge is 0.477 e. The van der Waals surface area contributed by atoms with Crippen LogP contribution in [0.4, 0.5) is 13.2 Å². The van der Waals surface area contributed by atoms with Gasteiger partial charge in [0.05, 0.1) is 4.47 Å². The van der Waals surface area contributed by atoms with Gasteiger partial charge in [0.25, 0.3) is 11.8 Å². The molecular formula is C14H12BrF3N4O4S. The zero-order chi connectivity index (χ0) is 20.3. The third-order valence-corrected chi connectivity index (χ3v) is 6.30. The van der Waals surface area contributed by atoms with Crippen LogP contribution in [0, 0.1) is 0 Å². The van der Waals surface area contributed by atoms with E-state index in [1.807, 2.05) is 0 Å². The number of halogens is 4. The summed E-state index contributed by atoms with van der Waals surface area (Å²) in [6, 6.07) is -1.05. The first-order valence-corrected chi connectivity index (χ1v) is 9.27. The average Bonchev–Trinajstić information content (AvgIpc) is 2.86. The van der Waals surface area contributed by atoms with Crippen molar-refractivity contribution in [2.45, 2.75) is 24.5 Å². The van der Waals surface area contributed by atoms with Gasteiger partial charge in [-0.15, -0.1) is 11.8 Å². The summed E-state index contributed by atoms with van der Waals surface area (Å²) in [5.74, 6) is -2.50. The number of thioether (sulfide) groups is 1. The predicted octanol–water partition coefficient (Wildman–Crippen LogP) is 1.57. The zero-order valence-corrected chi connectivity index (χ0v) is 16.2. The van der Waals surface area contributed by atoms with E-state index in [4.69, 9.17) is 0 Å². The molecular weight excluding hydrogens is 457 g/mol. The molecule has 0 saturated carbocycles. The fourth-order valence-electron chi connectivity index (χ4n) is 2.94. The van der Waals surface area contributed by atoms with Gasteiger partial charge in [0.15, 0.2) is 11.4 Å². The smallest absolute Gasteiger partial charge is 0.434 e. The molecule has 2 aliphatic rings. The number of carboxylic acid groups (broad SMARTS) is 1. The van der Waals surface area contributed by atoms with E-state index in [2.05, 4.69) is 26.3 Å². The minimum atomic E-state index is -4.72. The average molecular weight is 469 g/mol. The maximum Gasteiger partial charge on any atom is 0.434 e. The number of hydrogen-bond donors (Lipinski definition) is 2. The molecule has 27 heavy (non-hydrogen) atoms. The van der Waals surface area contributed by atoms with Gasteiger partial charge in [0, 0.05) is 12.8 Å². The van der Waals surface area contributed by atoms with Crippen molar-refractivity contribution in [1.29, 1.82) is 0 Å². The molecule has 2 aliphatic heterocycles. The molecule has 2 N–H and O–H groups in total. The Kier molecular flexibility index (Phi) is 4.78. The SMILES string of the molecule is CC1=C(C(=O)O)N2C(=O)[C@H](NC(=O)c3nn(C)c(C(F)(F)F)c3Br)[C@@H]2SC1. The minimum absolute atomic E-state index is 0.132. The number of hydrogen-bond acceptors (Lipinski definition) is 5. The van der Waals surface area contributed by atoms with Crippen LogP contribution in [0.1, 0.15) is 23.1 Å². The molecule has 3 heterocycles. The van der Waals surface area contributed by atoms with Gasteiger partial charge in [-0.2, -0.15) is 18.3 Å². The van der Waals surface area contributed by atoms with Crippen LogP contribution in [0.5, 0.6) is 0 Å². The summed E-state index contributed by atoms with van der Waals surface area (Å²) in [7, 11) is 1.05. The first kappa shape index (κ1) is 19.7. The second-order valence-corrected chi connectivity index (χ2v) is 7.83. The fourth-order valence-corrected chi connectivity index (χ4v) is 4.97. The van der Waals surface area contributed by atoms with E-state index in [0.717, 1.165) is 11.9 Å². The highest BCUT2D eigenvalue weighted by Gasteiger charge is 2.54. The van der Waals surface area contributed by atoms with Crippen LogP contribution in [0.3, 0.4) is 0 Å². The Morgan fingerprint density at radius 1 is 1.41 bits per heavy atom. The maximum atomic E-state index is 13.0. The van der Waals surface area contributed by atoms with Crippen molar-refractivity contribution in [2.75, 3.05) is 5.75 Å². The molecule has 3 rings (SSSR count). The van der Waals surface area contributed by atoms with Crippen LogP contribution in [-0.4, -0.2) is 54.7 Å². The number of aromatic nitrogens is 2. The molecule has 0 unspecified atom stereocenters. The molecule has 1 fully saturated rings.